The Morgan fingerprint density at radius 3 is 2.71 bits per heavy atom. The molecule has 2 aromatic rings. The molecule has 1 amide bonds. The van der Waals surface area contributed by atoms with Crippen molar-refractivity contribution in [3.63, 3.8) is 0 Å². The van der Waals surface area contributed by atoms with Crippen LogP contribution in [0.3, 0.4) is 0 Å². The fraction of sp³-hybridized carbons (Fsp3) is 0.292. The van der Waals surface area contributed by atoms with E-state index in [0.29, 0.717) is 30.5 Å². The summed E-state index contributed by atoms with van der Waals surface area (Å²) in [5, 5.41) is 3.86. The second kappa shape index (κ2) is 8.79. The van der Waals surface area contributed by atoms with Crippen LogP contribution >= 0.6 is 11.6 Å². The summed E-state index contributed by atoms with van der Waals surface area (Å²) in [6, 6.07) is 1.60. The number of nitrogens with zero attached hydrogens (tertiary/aromatic N) is 3. The van der Waals surface area contributed by atoms with Gasteiger partial charge in [0.15, 0.2) is 0 Å². The summed E-state index contributed by atoms with van der Waals surface area (Å²) in [6.45, 7) is 0.668. The number of halogens is 4. The first kappa shape index (κ1) is 22.5. The Bertz CT molecular complexity index is 1250. The Labute approximate surface area is 197 Å². The normalized spacial score (nSPS) is 21.3. The van der Waals surface area contributed by atoms with Crippen LogP contribution in [0, 0.1) is 5.92 Å². The van der Waals surface area contributed by atoms with Gasteiger partial charge in [0.2, 0.25) is 0 Å². The van der Waals surface area contributed by atoms with Gasteiger partial charge in [0, 0.05) is 30.1 Å². The first-order chi connectivity index (χ1) is 16.3. The molecule has 0 saturated carbocycles. The van der Waals surface area contributed by atoms with Crippen molar-refractivity contribution in [3.05, 3.63) is 76.7 Å². The third-order valence-corrected chi connectivity index (χ3v) is 6.49. The zero-order valence-corrected chi connectivity index (χ0v) is 18.6. The molecular weight excluding hydrogens is 471 g/mol. The van der Waals surface area contributed by atoms with E-state index in [9.17, 15) is 18.0 Å². The van der Waals surface area contributed by atoms with Crippen molar-refractivity contribution < 1.29 is 26.9 Å². The van der Waals surface area contributed by atoms with Gasteiger partial charge >= 0.3 is 6.18 Å². The molecule has 0 aromatic carbocycles. The maximum Gasteiger partial charge on any atom is 0.418 e. The highest BCUT2D eigenvalue weighted by atomic mass is 35.5. The van der Waals surface area contributed by atoms with Crippen LogP contribution < -0.4 is 0 Å². The highest BCUT2D eigenvalue weighted by Gasteiger charge is 2.43. The summed E-state index contributed by atoms with van der Waals surface area (Å²) in [7, 11) is 0. The van der Waals surface area contributed by atoms with Crippen LogP contribution in [0.15, 0.2) is 79.5 Å². The fourth-order valence-electron chi connectivity index (χ4n) is 4.36. The molecule has 5 rings (SSSR count). The first-order valence-electron chi connectivity index (χ1n) is 10.7. The molecule has 0 saturated heterocycles. The molecule has 1 aliphatic carbocycles. The zero-order valence-electron chi connectivity index (χ0n) is 17.8. The Balaban J connectivity index is 1.45. The van der Waals surface area contributed by atoms with Gasteiger partial charge in [-0.15, -0.1) is 0 Å². The van der Waals surface area contributed by atoms with Crippen LogP contribution in [0.4, 0.5) is 13.2 Å². The van der Waals surface area contributed by atoms with Crippen LogP contribution in [0.5, 0.6) is 0 Å². The molecule has 0 unspecified atom stereocenters. The van der Waals surface area contributed by atoms with Crippen LogP contribution in [-0.2, 0) is 4.79 Å². The van der Waals surface area contributed by atoms with E-state index in [-0.39, 0.29) is 29.4 Å². The molecule has 34 heavy (non-hydrogen) atoms. The molecule has 10 heteroatoms. The summed E-state index contributed by atoms with van der Waals surface area (Å²) in [5.41, 5.74) is 1.60. The fourth-order valence-corrected chi connectivity index (χ4v) is 4.67. The van der Waals surface area contributed by atoms with Crippen LogP contribution in [0.2, 0.25) is 0 Å². The van der Waals surface area contributed by atoms with E-state index in [1.165, 1.54) is 23.7 Å². The lowest BCUT2D eigenvalue weighted by Gasteiger charge is -2.30. The maximum atomic E-state index is 14.1. The SMILES string of the molecule is O=C(C1=C(Cl)C[C@H]2CC=C(c3ccoc3)C=C(C(F)(F)F)C2=N1)N1CC=C(c2cnoc2)CC1. The van der Waals surface area contributed by atoms with Gasteiger partial charge in [-0.05, 0) is 42.6 Å². The van der Waals surface area contributed by atoms with E-state index in [4.69, 9.17) is 20.5 Å². The second-order valence-electron chi connectivity index (χ2n) is 8.26. The number of carbonyl (C=O) groups excluding carboxylic acids is 1. The summed E-state index contributed by atoms with van der Waals surface area (Å²) < 4.78 is 52.2. The van der Waals surface area contributed by atoms with Crippen LogP contribution in [0.1, 0.15) is 30.4 Å². The van der Waals surface area contributed by atoms with E-state index >= 15 is 0 Å². The number of allylic oxidation sites excluding steroid dienone is 5. The summed E-state index contributed by atoms with van der Waals surface area (Å²) >= 11 is 6.43. The second-order valence-corrected chi connectivity index (χ2v) is 8.71. The van der Waals surface area contributed by atoms with E-state index < -0.39 is 23.6 Å². The largest absolute Gasteiger partial charge is 0.472 e. The molecule has 1 atom stereocenters. The Hall–Kier alpha value is -3.33. The molecule has 2 aliphatic heterocycles. The average molecular weight is 490 g/mol. The summed E-state index contributed by atoms with van der Waals surface area (Å²) in [5.74, 6) is -1.06. The van der Waals surface area contributed by atoms with Crippen molar-refractivity contribution in [1.29, 1.82) is 0 Å². The number of aromatic nitrogens is 1. The third-order valence-electron chi connectivity index (χ3n) is 6.16. The van der Waals surface area contributed by atoms with Gasteiger partial charge < -0.3 is 13.8 Å². The number of fused-ring (bicyclic) bond motifs is 1. The van der Waals surface area contributed by atoms with Gasteiger partial charge in [-0.25, -0.2) is 4.99 Å². The van der Waals surface area contributed by atoms with Gasteiger partial charge in [0.05, 0.1) is 35.0 Å². The number of aliphatic imine (C=N–C) groups is 1. The number of rotatable bonds is 3. The predicted octanol–water partition coefficient (Wildman–Crippen LogP) is 5.77. The number of furan rings is 1. The molecule has 4 heterocycles. The molecule has 0 fully saturated rings. The third kappa shape index (κ3) is 4.27. The highest BCUT2D eigenvalue weighted by molar-refractivity contribution is 6.33. The molecule has 6 nitrogen and oxygen atoms in total. The minimum Gasteiger partial charge on any atom is -0.472 e. The number of carbonyl (C=O) groups is 1. The van der Waals surface area contributed by atoms with E-state index in [2.05, 4.69) is 10.1 Å². The predicted molar refractivity (Wildman–Crippen MR) is 120 cm³/mol. The molecule has 0 radical (unpaired) electrons. The van der Waals surface area contributed by atoms with Crippen molar-refractivity contribution in [3.8, 4) is 0 Å². The standard InChI is InChI=1S/C24H19ClF3N3O3/c25-20-10-16-2-1-15(17-5-8-33-12-17)9-19(24(26,27)28)21(16)30-22(20)23(32)31-6-3-14(4-7-31)18-11-29-34-13-18/h1,3,5,8-9,11-13,16H,2,4,6-7,10H2/t16-/m1/s1. The Kier molecular flexibility index (Phi) is 5.81. The molecule has 0 N–H and O–H groups in total. The van der Waals surface area contributed by atoms with Crippen molar-refractivity contribution >= 4 is 34.4 Å². The Morgan fingerprint density at radius 2 is 2.06 bits per heavy atom. The molecule has 0 bridgehead atoms. The topological polar surface area (TPSA) is 71.8 Å². The average Bonchev–Trinajstić information content (AvgIpc) is 3.51. The summed E-state index contributed by atoms with van der Waals surface area (Å²) in [4.78, 5) is 19.0. The minimum atomic E-state index is -4.65. The van der Waals surface area contributed by atoms with Gasteiger partial charge in [-0.2, -0.15) is 13.2 Å². The number of hydrogen-bond acceptors (Lipinski definition) is 5. The van der Waals surface area contributed by atoms with E-state index in [0.717, 1.165) is 17.2 Å². The quantitative estimate of drug-likeness (QED) is 0.548. The van der Waals surface area contributed by atoms with Crippen molar-refractivity contribution in [2.75, 3.05) is 13.1 Å². The van der Waals surface area contributed by atoms with Gasteiger partial charge in [-0.3, -0.25) is 4.79 Å². The molecular formula is C24H19ClF3N3O3. The van der Waals surface area contributed by atoms with Gasteiger partial charge in [0.25, 0.3) is 5.91 Å². The van der Waals surface area contributed by atoms with Crippen LogP contribution in [-0.4, -0.2) is 40.9 Å². The zero-order chi connectivity index (χ0) is 23.9. The molecule has 2 aromatic heterocycles. The lowest BCUT2D eigenvalue weighted by Crippen LogP contribution is -2.37. The lowest BCUT2D eigenvalue weighted by molar-refractivity contribution is -0.126. The Morgan fingerprint density at radius 1 is 1.21 bits per heavy atom. The van der Waals surface area contributed by atoms with Crippen molar-refractivity contribution in [1.82, 2.24) is 10.1 Å². The van der Waals surface area contributed by atoms with Crippen molar-refractivity contribution in [2.45, 2.75) is 25.4 Å². The monoisotopic (exact) mass is 489 g/mol. The smallest absolute Gasteiger partial charge is 0.418 e. The molecule has 176 valence electrons. The van der Waals surface area contributed by atoms with E-state index in [1.54, 1.807) is 18.3 Å². The van der Waals surface area contributed by atoms with Gasteiger partial charge in [-0.1, -0.05) is 28.9 Å². The summed E-state index contributed by atoms with van der Waals surface area (Å²) in [6.07, 6.45) is 6.91. The minimum absolute atomic E-state index is 0.111. The number of amides is 1. The molecule has 3 aliphatic rings. The van der Waals surface area contributed by atoms with E-state index in [1.807, 2.05) is 6.08 Å². The lowest BCUT2D eigenvalue weighted by atomic mass is 9.88. The maximum absolute atomic E-state index is 14.1. The highest BCUT2D eigenvalue weighted by Crippen LogP contribution is 2.41. The van der Waals surface area contributed by atoms with Crippen LogP contribution in [0.25, 0.3) is 11.1 Å². The number of alkyl halides is 3. The number of hydrogen-bond donors (Lipinski definition) is 0. The van der Waals surface area contributed by atoms with Crippen molar-refractivity contribution in [2.24, 2.45) is 10.9 Å². The van der Waals surface area contributed by atoms with Gasteiger partial charge in [0.1, 0.15) is 12.0 Å². The first-order valence-corrected chi connectivity index (χ1v) is 11.1. The molecule has 0 spiro atoms.